The van der Waals surface area contributed by atoms with Crippen LogP contribution in [0.3, 0.4) is 0 Å². The molecule has 0 amide bonds. The van der Waals surface area contributed by atoms with Crippen LogP contribution in [0.15, 0.2) is 53.0 Å². The molecule has 0 aliphatic heterocycles. The number of ether oxygens (including phenoxy) is 1. The molecule has 0 radical (unpaired) electrons. The summed E-state index contributed by atoms with van der Waals surface area (Å²) in [5.41, 5.74) is 1.15. The lowest BCUT2D eigenvalue weighted by atomic mass is 10.1. The van der Waals surface area contributed by atoms with E-state index in [1.165, 1.54) is 0 Å². The molecule has 0 aliphatic carbocycles. The van der Waals surface area contributed by atoms with Gasteiger partial charge >= 0.3 is 0 Å². The third-order valence-corrected chi connectivity index (χ3v) is 3.80. The van der Waals surface area contributed by atoms with Gasteiger partial charge in [0.15, 0.2) is 0 Å². The van der Waals surface area contributed by atoms with Gasteiger partial charge in [0, 0.05) is 10.9 Å². The standard InChI is InChI=1S/C16H17BrClNO/c1-19-10-9-15(12-5-3-2-4-6-12)20-16-11-13(17)7-8-14(16)18/h2-8,11,15,19H,9-10H2,1H3. The van der Waals surface area contributed by atoms with Gasteiger partial charge in [0.05, 0.1) is 5.02 Å². The minimum absolute atomic E-state index is 0.0181. The van der Waals surface area contributed by atoms with Crippen molar-refractivity contribution in [1.29, 1.82) is 0 Å². The Morgan fingerprint density at radius 2 is 1.95 bits per heavy atom. The molecule has 1 unspecified atom stereocenters. The molecule has 0 aliphatic rings. The number of halogens is 2. The van der Waals surface area contributed by atoms with Crippen LogP contribution in [-0.2, 0) is 0 Å². The first-order valence-electron chi connectivity index (χ1n) is 6.52. The quantitative estimate of drug-likeness (QED) is 0.802. The fraction of sp³-hybridized carbons (Fsp3) is 0.250. The number of hydrogen-bond acceptors (Lipinski definition) is 2. The van der Waals surface area contributed by atoms with Crippen LogP contribution in [0.2, 0.25) is 5.02 Å². The molecule has 0 fully saturated rings. The minimum atomic E-state index is -0.0181. The van der Waals surface area contributed by atoms with Crippen LogP contribution >= 0.6 is 27.5 Å². The molecule has 20 heavy (non-hydrogen) atoms. The van der Waals surface area contributed by atoms with Crippen molar-refractivity contribution in [3.05, 3.63) is 63.6 Å². The second-order valence-corrected chi connectivity index (χ2v) is 5.81. The van der Waals surface area contributed by atoms with Crippen molar-refractivity contribution < 1.29 is 4.74 Å². The van der Waals surface area contributed by atoms with Gasteiger partial charge in [-0.15, -0.1) is 0 Å². The number of rotatable bonds is 6. The summed E-state index contributed by atoms with van der Waals surface area (Å²) in [6.07, 6.45) is 0.860. The van der Waals surface area contributed by atoms with Gasteiger partial charge < -0.3 is 10.1 Å². The van der Waals surface area contributed by atoms with E-state index in [0.717, 1.165) is 23.0 Å². The zero-order valence-electron chi connectivity index (χ0n) is 11.3. The number of nitrogens with one attached hydrogen (secondary N) is 1. The molecule has 2 aromatic carbocycles. The molecule has 0 saturated carbocycles. The average Bonchev–Trinajstić information content (AvgIpc) is 2.48. The second kappa shape index (κ2) is 7.67. The lowest BCUT2D eigenvalue weighted by Gasteiger charge is -2.20. The molecule has 2 aromatic rings. The summed E-state index contributed by atoms with van der Waals surface area (Å²) in [6, 6.07) is 15.8. The van der Waals surface area contributed by atoms with Gasteiger partial charge in [0.25, 0.3) is 0 Å². The average molecular weight is 355 g/mol. The van der Waals surface area contributed by atoms with Crippen LogP contribution in [0.4, 0.5) is 0 Å². The Morgan fingerprint density at radius 1 is 1.20 bits per heavy atom. The first-order valence-corrected chi connectivity index (χ1v) is 7.69. The first kappa shape index (κ1) is 15.4. The van der Waals surface area contributed by atoms with E-state index in [9.17, 15) is 0 Å². The lowest BCUT2D eigenvalue weighted by Crippen LogP contribution is -2.16. The van der Waals surface area contributed by atoms with Gasteiger partial charge in [-0.25, -0.2) is 0 Å². The molecule has 0 saturated heterocycles. The Morgan fingerprint density at radius 3 is 2.65 bits per heavy atom. The highest BCUT2D eigenvalue weighted by Gasteiger charge is 2.14. The fourth-order valence-corrected chi connectivity index (χ4v) is 2.46. The van der Waals surface area contributed by atoms with E-state index >= 15 is 0 Å². The van der Waals surface area contributed by atoms with E-state index in [4.69, 9.17) is 16.3 Å². The first-order chi connectivity index (χ1) is 9.70. The monoisotopic (exact) mass is 353 g/mol. The van der Waals surface area contributed by atoms with Crippen molar-refractivity contribution in [3.63, 3.8) is 0 Å². The van der Waals surface area contributed by atoms with Gasteiger partial charge in [0.1, 0.15) is 11.9 Å². The highest BCUT2D eigenvalue weighted by Crippen LogP contribution is 2.32. The largest absolute Gasteiger partial charge is 0.484 e. The summed E-state index contributed by atoms with van der Waals surface area (Å²) < 4.78 is 7.07. The Hall–Kier alpha value is -1.03. The molecular formula is C16H17BrClNO. The highest BCUT2D eigenvalue weighted by atomic mass is 79.9. The molecular weight excluding hydrogens is 338 g/mol. The molecule has 0 spiro atoms. The van der Waals surface area contributed by atoms with Crippen molar-refractivity contribution in [1.82, 2.24) is 5.32 Å². The third kappa shape index (κ3) is 4.23. The number of hydrogen-bond donors (Lipinski definition) is 1. The Bertz CT molecular complexity index is 547. The summed E-state index contributed by atoms with van der Waals surface area (Å²) >= 11 is 9.64. The van der Waals surface area contributed by atoms with Crippen molar-refractivity contribution >= 4 is 27.5 Å². The lowest BCUT2D eigenvalue weighted by molar-refractivity contribution is 0.195. The van der Waals surface area contributed by atoms with E-state index < -0.39 is 0 Å². The topological polar surface area (TPSA) is 21.3 Å². The van der Waals surface area contributed by atoms with E-state index in [1.54, 1.807) is 0 Å². The SMILES string of the molecule is CNCCC(Oc1cc(Br)ccc1Cl)c1ccccc1. The molecule has 106 valence electrons. The molecule has 1 atom stereocenters. The predicted molar refractivity (Wildman–Crippen MR) is 87.5 cm³/mol. The Kier molecular flexibility index (Phi) is 5.89. The maximum absolute atomic E-state index is 6.20. The predicted octanol–water partition coefficient (Wildman–Crippen LogP) is 4.83. The zero-order valence-corrected chi connectivity index (χ0v) is 13.6. The maximum Gasteiger partial charge on any atom is 0.139 e. The summed E-state index contributed by atoms with van der Waals surface area (Å²) in [5, 5.41) is 3.78. The summed E-state index contributed by atoms with van der Waals surface area (Å²) in [6.45, 7) is 0.880. The molecule has 0 heterocycles. The van der Waals surface area contributed by atoms with Gasteiger partial charge in [-0.2, -0.15) is 0 Å². The molecule has 4 heteroatoms. The van der Waals surface area contributed by atoms with Gasteiger partial charge in [-0.1, -0.05) is 57.9 Å². The maximum atomic E-state index is 6.20. The van der Waals surface area contributed by atoms with E-state index in [-0.39, 0.29) is 6.10 Å². The Balaban J connectivity index is 2.21. The van der Waals surface area contributed by atoms with Crippen molar-refractivity contribution in [2.45, 2.75) is 12.5 Å². The normalized spacial score (nSPS) is 12.2. The van der Waals surface area contributed by atoms with E-state index in [0.29, 0.717) is 10.8 Å². The van der Waals surface area contributed by atoms with Crippen LogP contribution in [-0.4, -0.2) is 13.6 Å². The third-order valence-electron chi connectivity index (χ3n) is 2.99. The van der Waals surface area contributed by atoms with Crippen LogP contribution in [0.5, 0.6) is 5.75 Å². The van der Waals surface area contributed by atoms with Gasteiger partial charge in [0.2, 0.25) is 0 Å². The zero-order chi connectivity index (χ0) is 14.4. The molecule has 2 rings (SSSR count). The molecule has 2 nitrogen and oxygen atoms in total. The van der Waals surface area contributed by atoms with Crippen molar-refractivity contribution in [2.24, 2.45) is 0 Å². The van der Waals surface area contributed by atoms with Crippen LogP contribution in [0.25, 0.3) is 0 Å². The summed E-state index contributed by atoms with van der Waals surface area (Å²) in [7, 11) is 1.94. The van der Waals surface area contributed by atoms with Crippen LogP contribution in [0.1, 0.15) is 18.1 Å². The van der Waals surface area contributed by atoms with Gasteiger partial charge in [-0.3, -0.25) is 0 Å². The van der Waals surface area contributed by atoms with E-state index in [2.05, 4.69) is 33.4 Å². The van der Waals surface area contributed by atoms with Crippen molar-refractivity contribution in [3.8, 4) is 5.75 Å². The second-order valence-electron chi connectivity index (χ2n) is 4.48. The van der Waals surface area contributed by atoms with Crippen molar-refractivity contribution in [2.75, 3.05) is 13.6 Å². The smallest absolute Gasteiger partial charge is 0.139 e. The minimum Gasteiger partial charge on any atom is -0.484 e. The molecule has 0 bridgehead atoms. The van der Waals surface area contributed by atoms with E-state index in [1.807, 2.05) is 43.4 Å². The van der Waals surface area contributed by atoms with Gasteiger partial charge in [-0.05, 0) is 37.4 Å². The number of benzene rings is 2. The van der Waals surface area contributed by atoms with Crippen LogP contribution < -0.4 is 10.1 Å². The highest BCUT2D eigenvalue weighted by molar-refractivity contribution is 9.10. The van der Waals surface area contributed by atoms with Crippen LogP contribution in [0, 0.1) is 0 Å². The molecule has 1 N–H and O–H groups in total. The fourth-order valence-electron chi connectivity index (χ4n) is 1.96. The molecule has 0 aromatic heterocycles. The summed E-state index contributed by atoms with van der Waals surface area (Å²) in [4.78, 5) is 0. The Labute approximate surface area is 133 Å². The summed E-state index contributed by atoms with van der Waals surface area (Å²) in [5.74, 6) is 0.700.